The Hall–Kier alpha value is -3.16. The minimum absolute atomic E-state index is 0.0268. The number of nitrogens with zero attached hydrogens (tertiary/aromatic N) is 1. The molecule has 1 aromatic carbocycles. The number of carbonyl (C=O) groups is 2. The van der Waals surface area contributed by atoms with Crippen molar-refractivity contribution in [2.24, 2.45) is 0 Å². The minimum Gasteiger partial charge on any atom is -0.466 e. The maximum absolute atomic E-state index is 11.9. The molecular weight excluding hydrogens is 314 g/mol. The van der Waals surface area contributed by atoms with Crippen LogP contribution in [0.1, 0.15) is 22.6 Å². The molecule has 2 N–H and O–H groups in total. The van der Waals surface area contributed by atoms with E-state index in [1.807, 2.05) is 0 Å². The van der Waals surface area contributed by atoms with Crippen molar-refractivity contribution in [2.75, 3.05) is 5.32 Å². The van der Waals surface area contributed by atoms with Gasteiger partial charge in [0.15, 0.2) is 0 Å². The Labute approximate surface area is 138 Å². The molecule has 8 nitrogen and oxygen atoms in total. The van der Waals surface area contributed by atoms with Crippen molar-refractivity contribution in [3.63, 3.8) is 0 Å². The number of rotatable bonds is 4. The fourth-order valence-corrected chi connectivity index (χ4v) is 2.19. The van der Waals surface area contributed by atoms with E-state index in [0.29, 0.717) is 17.1 Å². The van der Waals surface area contributed by atoms with Crippen LogP contribution < -0.4 is 10.6 Å². The molecule has 8 heteroatoms. The molecule has 0 unspecified atom stereocenters. The van der Waals surface area contributed by atoms with Gasteiger partial charge in [-0.1, -0.05) is 6.07 Å². The van der Waals surface area contributed by atoms with Gasteiger partial charge >= 0.3 is 11.8 Å². The summed E-state index contributed by atoms with van der Waals surface area (Å²) in [5.74, 6) is -0.498. The molecule has 0 saturated heterocycles. The quantitative estimate of drug-likeness (QED) is 0.507. The van der Waals surface area contributed by atoms with E-state index in [1.165, 1.54) is 12.1 Å². The smallest absolute Gasteiger partial charge is 0.313 e. The molecule has 2 rings (SSSR count). The number of nitro groups is 1. The van der Waals surface area contributed by atoms with E-state index in [1.54, 1.807) is 32.9 Å². The van der Waals surface area contributed by atoms with Gasteiger partial charge in [-0.25, -0.2) is 0 Å². The van der Waals surface area contributed by atoms with Gasteiger partial charge in [-0.3, -0.25) is 19.7 Å². The second-order valence-corrected chi connectivity index (χ2v) is 5.35. The third-order valence-corrected chi connectivity index (χ3v) is 3.39. The molecule has 0 atom stereocenters. The highest BCUT2D eigenvalue weighted by atomic mass is 16.6. The lowest BCUT2D eigenvalue weighted by Gasteiger charge is -2.07. The zero-order chi connectivity index (χ0) is 17.9. The first-order chi connectivity index (χ1) is 11.3. The maximum atomic E-state index is 11.9. The second kappa shape index (κ2) is 6.95. The Morgan fingerprint density at radius 1 is 1.17 bits per heavy atom. The topological polar surface area (TPSA) is 114 Å². The molecule has 0 aliphatic rings. The minimum atomic E-state index is -0.972. The lowest BCUT2D eigenvalue weighted by molar-refractivity contribution is -0.384. The predicted molar refractivity (Wildman–Crippen MR) is 86.5 cm³/mol. The average molecular weight is 331 g/mol. The van der Waals surface area contributed by atoms with E-state index in [2.05, 4.69) is 10.6 Å². The van der Waals surface area contributed by atoms with Gasteiger partial charge in [0.05, 0.1) is 4.92 Å². The van der Waals surface area contributed by atoms with Gasteiger partial charge in [0, 0.05) is 18.2 Å². The number of furan rings is 1. The van der Waals surface area contributed by atoms with Gasteiger partial charge in [0.2, 0.25) is 0 Å². The molecule has 0 radical (unpaired) electrons. The molecule has 2 aromatic rings. The van der Waals surface area contributed by atoms with Crippen molar-refractivity contribution in [3.05, 3.63) is 57.0 Å². The van der Waals surface area contributed by atoms with E-state index in [0.717, 1.165) is 5.56 Å². The number of amides is 2. The molecule has 0 spiro atoms. The van der Waals surface area contributed by atoms with Gasteiger partial charge in [0.25, 0.3) is 5.69 Å². The molecule has 0 fully saturated rings. The van der Waals surface area contributed by atoms with Crippen LogP contribution in [0.5, 0.6) is 0 Å². The number of carbonyl (C=O) groups excluding carboxylic acids is 2. The van der Waals surface area contributed by atoms with Crippen molar-refractivity contribution in [1.82, 2.24) is 5.32 Å². The number of hydrogen-bond donors (Lipinski definition) is 2. The van der Waals surface area contributed by atoms with Crippen LogP contribution in [-0.4, -0.2) is 16.7 Å². The van der Waals surface area contributed by atoms with Crippen LogP contribution >= 0.6 is 0 Å². The van der Waals surface area contributed by atoms with Crippen molar-refractivity contribution in [1.29, 1.82) is 0 Å². The number of hydrogen-bond acceptors (Lipinski definition) is 5. The van der Waals surface area contributed by atoms with Crippen LogP contribution in [0.4, 0.5) is 11.4 Å². The zero-order valence-electron chi connectivity index (χ0n) is 13.5. The predicted octanol–water partition coefficient (Wildman–Crippen LogP) is 2.37. The van der Waals surface area contributed by atoms with E-state index in [4.69, 9.17) is 4.42 Å². The summed E-state index contributed by atoms with van der Waals surface area (Å²) in [6, 6.07) is 6.09. The van der Waals surface area contributed by atoms with Crippen molar-refractivity contribution in [3.8, 4) is 0 Å². The number of nitro benzene ring substituents is 1. The van der Waals surface area contributed by atoms with Gasteiger partial charge < -0.3 is 15.1 Å². The fraction of sp³-hybridized carbons (Fsp3) is 0.250. The van der Waals surface area contributed by atoms with Crippen molar-refractivity contribution >= 4 is 23.2 Å². The van der Waals surface area contributed by atoms with E-state index < -0.39 is 16.7 Å². The summed E-state index contributed by atoms with van der Waals surface area (Å²) in [5.41, 5.74) is 1.14. The van der Waals surface area contributed by atoms with Crippen LogP contribution in [0.15, 0.2) is 28.7 Å². The third-order valence-electron chi connectivity index (χ3n) is 3.39. The molecule has 0 aliphatic carbocycles. The average Bonchev–Trinajstić information content (AvgIpc) is 2.84. The molecule has 24 heavy (non-hydrogen) atoms. The van der Waals surface area contributed by atoms with Gasteiger partial charge in [-0.05, 0) is 38.5 Å². The first-order valence-electron chi connectivity index (χ1n) is 7.18. The summed E-state index contributed by atoms with van der Waals surface area (Å²) < 4.78 is 5.33. The van der Waals surface area contributed by atoms with Crippen LogP contribution in [0.3, 0.4) is 0 Å². The molecule has 0 bridgehead atoms. The number of anilines is 1. The normalized spacial score (nSPS) is 10.3. The molecule has 1 heterocycles. The summed E-state index contributed by atoms with van der Waals surface area (Å²) in [7, 11) is 0. The molecule has 1 aromatic heterocycles. The first-order valence-corrected chi connectivity index (χ1v) is 7.18. The highest BCUT2D eigenvalue weighted by Crippen LogP contribution is 2.25. The lowest BCUT2D eigenvalue weighted by Crippen LogP contribution is -2.35. The van der Waals surface area contributed by atoms with Crippen molar-refractivity contribution < 1.29 is 18.9 Å². The molecule has 126 valence electrons. The van der Waals surface area contributed by atoms with Gasteiger partial charge in [-0.15, -0.1) is 0 Å². The summed E-state index contributed by atoms with van der Waals surface area (Å²) in [4.78, 5) is 34.2. The third kappa shape index (κ3) is 3.97. The number of nitrogens with one attached hydrogen (secondary N) is 2. The van der Waals surface area contributed by atoms with Crippen LogP contribution in [0, 0.1) is 30.9 Å². The summed E-state index contributed by atoms with van der Waals surface area (Å²) >= 11 is 0. The summed E-state index contributed by atoms with van der Waals surface area (Å²) in [6.45, 7) is 5.36. The summed E-state index contributed by atoms with van der Waals surface area (Å²) in [6.07, 6.45) is 0. The van der Waals surface area contributed by atoms with Crippen molar-refractivity contribution in [2.45, 2.75) is 27.3 Å². The van der Waals surface area contributed by atoms with E-state index in [-0.39, 0.29) is 17.9 Å². The van der Waals surface area contributed by atoms with Crippen LogP contribution in [0.2, 0.25) is 0 Å². The molecular formula is C16H17N3O5. The van der Waals surface area contributed by atoms with E-state index in [9.17, 15) is 19.7 Å². The Morgan fingerprint density at radius 3 is 2.46 bits per heavy atom. The first kappa shape index (κ1) is 17.2. The second-order valence-electron chi connectivity index (χ2n) is 5.35. The SMILES string of the molecule is Cc1ccc(NC(=O)C(=O)NCc2cc(C)oc2C)c([N+](=O)[O-])c1. The van der Waals surface area contributed by atoms with Crippen LogP contribution in [-0.2, 0) is 16.1 Å². The number of benzene rings is 1. The Bertz CT molecular complexity index is 810. The highest BCUT2D eigenvalue weighted by Gasteiger charge is 2.20. The standard InChI is InChI=1S/C16H17N3O5/c1-9-4-5-13(14(6-9)19(22)23)18-16(21)15(20)17-8-12-7-10(2)24-11(12)3/h4-7H,8H2,1-3H3,(H,17,20)(H,18,21). The Balaban J connectivity index is 2.03. The Kier molecular flexibility index (Phi) is 4.98. The van der Waals surface area contributed by atoms with E-state index >= 15 is 0 Å². The zero-order valence-corrected chi connectivity index (χ0v) is 13.5. The molecule has 2 amide bonds. The fourth-order valence-electron chi connectivity index (χ4n) is 2.19. The lowest BCUT2D eigenvalue weighted by atomic mass is 10.2. The molecule has 0 aliphatic heterocycles. The maximum Gasteiger partial charge on any atom is 0.313 e. The highest BCUT2D eigenvalue weighted by molar-refractivity contribution is 6.39. The monoisotopic (exact) mass is 331 g/mol. The van der Waals surface area contributed by atoms with Gasteiger partial charge in [0.1, 0.15) is 17.2 Å². The Morgan fingerprint density at radius 2 is 1.88 bits per heavy atom. The van der Waals surface area contributed by atoms with Crippen LogP contribution in [0.25, 0.3) is 0 Å². The molecule has 0 saturated carbocycles. The summed E-state index contributed by atoms with van der Waals surface area (Å²) in [5, 5.41) is 15.7. The number of aryl methyl sites for hydroxylation is 3. The van der Waals surface area contributed by atoms with Gasteiger partial charge in [-0.2, -0.15) is 0 Å². The largest absolute Gasteiger partial charge is 0.466 e.